The number of esters is 1. The molecule has 2 amide bonds. The third-order valence-electron chi connectivity index (χ3n) is 3.86. The molecule has 1 aliphatic rings. The predicted molar refractivity (Wildman–Crippen MR) is 97.1 cm³/mol. The Morgan fingerprint density at radius 2 is 2.12 bits per heavy atom. The standard InChI is InChI=1S/C17H21ClN2O3S/c1-4-24-10-9-23-16(21)14-11(2)20(3)17(22)19-15(14)12-7-5-6-8-13(12)18/h5-8,15H,4,9-10H2,1-3H3,(H,19,22). The van der Waals surface area contributed by atoms with E-state index in [1.54, 1.807) is 43.9 Å². The van der Waals surface area contributed by atoms with E-state index in [0.717, 1.165) is 11.5 Å². The maximum atomic E-state index is 12.6. The lowest BCUT2D eigenvalue weighted by atomic mass is 9.95. The Kier molecular flexibility index (Phi) is 6.57. The monoisotopic (exact) mass is 368 g/mol. The zero-order valence-electron chi connectivity index (χ0n) is 14.0. The molecule has 1 unspecified atom stereocenters. The summed E-state index contributed by atoms with van der Waals surface area (Å²) >= 11 is 7.97. The van der Waals surface area contributed by atoms with Crippen molar-refractivity contribution in [2.45, 2.75) is 19.9 Å². The summed E-state index contributed by atoms with van der Waals surface area (Å²) in [7, 11) is 1.62. The second kappa shape index (κ2) is 8.44. The first kappa shape index (κ1) is 18.7. The first-order chi connectivity index (χ1) is 11.5. The third kappa shape index (κ3) is 4.05. The summed E-state index contributed by atoms with van der Waals surface area (Å²) in [5.41, 5.74) is 1.65. The fraction of sp³-hybridized carbons (Fsp3) is 0.412. The number of carbonyl (C=O) groups excluding carboxylic acids is 2. The van der Waals surface area contributed by atoms with Crippen LogP contribution in [0, 0.1) is 0 Å². The minimum absolute atomic E-state index is 0.282. The van der Waals surface area contributed by atoms with Crippen molar-refractivity contribution >= 4 is 35.4 Å². The van der Waals surface area contributed by atoms with Crippen molar-refractivity contribution in [3.8, 4) is 0 Å². The number of hydrogen-bond donors (Lipinski definition) is 1. The van der Waals surface area contributed by atoms with Crippen molar-refractivity contribution in [3.63, 3.8) is 0 Å². The van der Waals surface area contributed by atoms with Crippen LogP contribution in [0.3, 0.4) is 0 Å². The van der Waals surface area contributed by atoms with Crippen LogP contribution in [0.4, 0.5) is 4.79 Å². The molecule has 130 valence electrons. The van der Waals surface area contributed by atoms with Crippen LogP contribution in [0.5, 0.6) is 0 Å². The number of hydrogen-bond acceptors (Lipinski definition) is 4. The number of rotatable bonds is 6. The van der Waals surface area contributed by atoms with Gasteiger partial charge in [-0.1, -0.05) is 36.7 Å². The molecule has 0 aliphatic carbocycles. The van der Waals surface area contributed by atoms with E-state index >= 15 is 0 Å². The van der Waals surface area contributed by atoms with Crippen molar-refractivity contribution in [1.82, 2.24) is 10.2 Å². The molecule has 0 fully saturated rings. The van der Waals surface area contributed by atoms with Gasteiger partial charge in [0.25, 0.3) is 0 Å². The van der Waals surface area contributed by atoms with E-state index < -0.39 is 12.0 Å². The molecule has 1 aromatic carbocycles. The first-order valence-corrected chi connectivity index (χ1v) is 9.24. The van der Waals surface area contributed by atoms with Gasteiger partial charge in [0.2, 0.25) is 0 Å². The van der Waals surface area contributed by atoms with Gasteiger partial charge in [-0.15, -0.1) is 0 Å². The molecule has 1 N–H and O–H groups in total. The zero-order chi connectivity index (χ0) is 17.7. The van der Waals surface area contributed by atoms with E-state index in [0.29, 0.717) is 28.5 Å². The summed E-state index contributed by atoms with van der Waals surface area (Å²) in [6, 6.07) is 6.26. The predicted octanol–water partition coefficient (Wildman–Crippen LogP) is 3.61. The van der Waals surface area contributed by atoms with Gasteiger partial charge >= 0.3 is 12.0 Å². The van der Waals surface area contributed by atoms with Gasteiger partial charge in [-0.2, -0.15) is 11.8 Å². The van der Waals surface area contributed by atoms with Crippen LogP contribution in [0.2, 0.25) is 5.02 Å². The number of halogens is 1. The van der Waals surface area contributed by atoms with Crippen LogP contribution < -0.4 is 5.32 Å². The molecule has 1 heterocycles. The third-order valence-corrected chi connectivity index (χ3v) is 5.06. The van der Waals surface area contributed by atoms with Crippen LogP contribution in [-0.2, 0) is 9.53 Å². The fourth-order valence-electron chi connectivity index (χ4n) is 2.46. The number of carbonyl (C=O) groups is 2. The Balaban J connectivity index is 2.32. The SMILES string of the molecule is CCSCCOC(=O)C1=C(C)N(C)C(=O)NC1c1ccccc1Cl. The maximum Gasteiger partial charge on any atom is 0.338 e. The Labute approximate surface area is 151 Å². The lowest BCUT2D eigenvalue weighted by molar-refractivity contribution is -0.139. The lowest BCUT2D eigenvalue weighted by Crippen LogP contribution is -2.46. The highest BCUT2D eigenvalue weighted by Gasteiger charge is 2.35. The lowest BCUT2D eigenvalue weighted by Gasteiger charge is -2.33. The van der Waals surface area contributed by atoms with Crippen LogP contribution in [0.1, 0.15) is 25.5 Å². The molecule has 7 heteroatoms. The van der Waals surface area contributed by atoms with E-state index in [2.05, 4.69) is 12.2 Å². The Bertz CT molecular complexity index is 663. The van der Waals surface area contributed by atoms with Crippen LogP contribution in [-0.4, -0.2) is 42.1 Å². The minimum Gasteiger partial charge on any atom is -0.461 e. The van der Waals surface area contributed by atoms with Gasteiger partial charge in [0.05, 0.1) is 11.6 Å². The molecule has 0 radical (unpaired) electrons. The number of nitrogens with one attached hydrogen (secondary N) is 1. The summed E-state index contributed by atoms with van der Waals surface area (Å²) < 4.78 is 5.39. The van der Waals surface area contributed by atoms with Crippen LogP contribution in [0.25, 0.3) is 0 Å². The van der Waals surface area contributed by atoms with Gasteiger partial charge in [0.1, 0.15) is 6.61 Å². The summed E-state index contributed by atoms with van der Waals surface area (Å²) in [5.74, 6) is 1.29. The highest BCUT2D eigenvalue weighted by molar-refractivity contribution is 7.99. The van der Waals surface area contributed by atoms with E-state index in [9.17, 15) is 9.59 Å². The van der Waals surface area contributed by atoms with Gasteiger partial charge in [0.15, 0.2) is 0 Å². The molecular formula is C17H21ClN2O3S. The number of thioether (sulfide) groups is 1. The van der Waals surface area contributed by atoms with E-state index in [-0.39, 0.29) is 6.03 Å². The number of allylic oxidation sites excluding steroid dienone is 1. The number of amides is 2. The maximum absolute atomic E-state index is 12.6. The molecule has 0 bridgehead atoms. The summed E-state index contributed by atoms with van der Waals surface area (Å²) in [6.45, 7) is 4.12. The molecule has 0 saturated heterocycles. The van der Waals surface area contributed by atoms with Gasteiger partial charge < -0.3 is 15.0 Å². The molecule has 1 aromatic rings. The second-order valence-corrected chi connectivity index (χ2v) is 7.10. The van der Waals surface area contributed by atoms with E-state index in [1.807, 2.05) is 6.07 Å². The zero-order valence-corrected chi connectivity index (χ0v) is 15.5. The molecule has 0 aromatic heterocycles. The summed E-state index contributed by atoms with van der Waals surface area (Å²) in [5, 5.41) is 3.32. The molecule has 24 heavy (non-hydrogen) atoms. The number of nitrogens with zero attached hydrogens (tertiary/aromatic N) is 1. The van der Waals surface area contributed by atoms with Crippen LogP contribution in [0.15, 0.2) is 35.5 Å². The Morgan fingerprint density at radius 1 is 1.42 bits per heavy atom. The highest BCUT2D eigenvalue weighted by Crippen LogP contribution is 2.34. The molecule has 1 atom stereocenters. The molecule has 0 spiro atoms. The van der Waals surface area contributed by atoms with Gasteiger partial charge in [-0.05, 0) is 24.3 Å². The smallest absolute Gasteiger partial charge is 0.338 e. The summed E-state index contributed by atoms with van der Waals surface area (Å²) in [6.07, 6.45) is 0. The molecule has 0 saturated carbocycles. The Morgan fingerprint density at radius 3 is 2.79 bits per heavy atom. The fourth-order valence-corrected chi connectivity index (χ4v) is 3.19. The Hall–Kier alpha value is -1.66. The van der Waals surface area contributed by atoms with E-state index in [1.165, 1.54) is 4.90 Å². The van der Waals surface area contributed by atoms with Gasteiger partial charge in [0, 0.05) is 23.5 Å². The largest absolute Gasteiger partial charge is 0.461 e. The number of urea groups is 1. The van der Waals surface area contributed by atoms with Crippen molar-refractivity contribution < 1.29 is 14.3 Å². The molecule has 2 rings (SSSR count). The number of ether oxygens (including phenoxy) is 1. The normalized spacial score (nSPS) is 17.8. The quantitative estimate of drug-likeness (QED) is 0.615. The number of benzene rings is 1. The van der Waals surface area contributed by atoms with Crippen molar-refractivity contribution in [2.24, 2.45) is 0 Å². The van der Waals surface area contributed by atoms with Crippen LogP contribution >= 0.6 is 23.4 Å². The second-order valence-electron chi connectivity index (χ2n) is 5.29. The average molecular weight is 369 g/mol. The highest BCUT2D eigenvalue weighted by atomic mass is 35.5. The van der Waals surface area contributed by atoms with Crippen molar-refractivity contribution in [2.75, 3.05) is 25.2 Å². The van der Waals surface area contributed by atoms with Gasteiger partial charge in [-0.3, -0.25) is 0 Å². The van der Waals surface area contributed by atoms with Crippen molar-refractivity contribution in [1.29, 1.82) is 0 Å². The van der Waals surface area contributed by atoms with Gasteiger partial charge in [-0.25, -0.2) is 9.59 Å². The first-order valence-electron chi connectivity index (χ1n) is 7.71. The average Bonchev–Trinajstić information content (AvgIpc) is 2.56. The van der Waals surface area contributed by atoms with E-state index in [4.69, 9.17) is 16.3 Å². The molecule has 5 nitrogen and oxygen atoms in total. The minimum atomic E-state index is -0.617. The summed E-state index contributed by atoms with van der Waals surface area (Å²) in [4.78, 5) is 26.2. The topological polar surface area (TPSA) is 58.6 Å². The molecule has 1 aliphatic heterocycles. The van der Waals surface area contributed by atoms with Crippen molar-refractivity contribution in [3.05, 3.63) is 46.1 Å². The molecular weight excluding hydrogens is 348 g/mol.